The van der Waals surface area contributed by atoms with Crippen LogP contribution in [0.3, 0.4) is 0 Å². The predicted molar refractivity (Wildman–Crippen MR) is 119 cm³/mol. The Kier molecular flexibility index (Phi) is 3.82. The quantitative estimate of drug-likeness (QED) is 0.269. The normalized spacial score (nSPS) is 26.6. The second-order valence-corrected chi connectivity index (χ2v) is 8.88. The van der Waals surface area contributed by atoms with Crippen LogP contribution in [0.5, 0.6) is 0 Å². The summed E-state index contributed by atoms with van der Waals surface area (Å²) in [5.74, 6) is -2.95. The lowest BCUT2D eigenvalue weighted by Crippen LogP contribution is -2.54. The molecule has 7 heteroatoms. The van der Waals surface area contributed by atoms with Gasteiger partial charge in [0, 0.05) is 17.5 Å². The van der Waals surface area contributed by atoms with Crippen LogP contribution in [0.2, 0.25) is 0 Å². The number of nitro benzene ring substituents is 1. The van der Waals surface area contributed by atoms with E-state index in [1.165, 1.54) is 12.1 Å². The Morgan fingerprint density at radius 1 is 0.939 bits per heavy atom. The summed E-state index contributed by atoms with van der Waals surface area (Å²) in [4.78, 5) is 52.6. The molecule has 0 radical (unpaired) electrons. The highest BCUT2D eigenvalue weighted by Gasteiger charge is 2.68. The fraction of sp³-hybridized carbons (Fsp3) is 0.192. The molecule has 0 spiro atoms. The molecule has 2 bridgehead atoms. The van der Waals surface area contributed by atoms with Gasteiger partial charge in [0.1, 0.15) is 6.29 Å². The first-order valence-electron chi connectivity index (χ1n) is 10.7. The number of nitrogens with zero attached hydrogens (tertiary/aromatic N) is 2. The minimum Gasteiger partial charge on any atom is -0.302 e. The molecule has 2 atom stereocenters. The first kappa shape index (κ1) is 19.5. The number of hydrogen-bond donors (Lipinski definition) is 0. The van der Waals surface area contributed by atoms with Gasteiger partial charge in [0.2, 0.25) is 11.8 Å². The number of benzene rings is 3. The van der Waals surface area contributed by atoms with Crippen molar-refractivity contribution in [1.82, 2.24) is 0 Å². The zero-order chi connectivity index (χ0) is 23.1. The molecule has 1 heterocycles. The van der Waals surface area contributed by atoms with Crippen molar-refractivity contribution in [2.24, 2.45) is 11.8 Å². The lowest BCUT2D eigenvalue weighted by molar-refractivity contribution is -0.385. The van der Waals surface area contributed by atoms with Gasteiger partial charge in [-0.3, -0.25) is 19.7 Å². The SMILES string of the molecule is Cc1ccc(N2C(=O)[C@@H]3C4c5ccccc5C(C=O)(c5ccccc54)[C@H]3C2=O)cc1[N+](=O)[O-]. The molecule has 7 rings (SSSR count). The molecule has 3 aromatic carbocycles. The highest BCUT2D eigenvalue weighted by Crippen LogP contribution is 2.63. The third-order valence-corrected chi connectivity index (χ3v) is 7.52. The van der Waals surface area contributed by atoms with E-state index in [1.807, 2.05) is 48.5 Å². The van der Waals surface area contributed by atoms with E-state index in [9.17, 15) is 24.5 Å². The third-order valence-electron chi connectivity index (χ3n) is 7.52. The minimum absolute atomic E-state index is 0.158. The van der Waals surface area contributed by atoms with Crippen molar-refractivity contribution < 1.29 is 19.3 Å². The zero-order valence-corrected chi connectivity index (χ0v) is 17.6. The Bertz CT molecular complexity index is 1360. The van der Waals surface area contributed by atoms with E-state index in [0.717, 1.165) is 33.4 Å². The van der Waals surface area contributed by atoms with Crippen LogP contribution in [0, 0.1) is 28.9 Å². The number of rotatable bonds is 3. The molecule has 0 aromatic heterocycles. The number of imide groups is 1. The lowest BCUT2D eigenvalue weighted by Gasteiger charge is -2.51. The number of aryl methyl sites for hydroxylation is 1. The summed E-state index contributed by atoms with van der Waals surface area (Å²) in [7, 11) is 0. The predicted octanol–water partition coefficient (Wildman–Crippen LogP) is 3.65. The summed E-state index contributed by atoms with van der Waals surface area (Å²) in [5.41, 5.74) is 2.40. The highest BCUT2D eigenvalue weighted by molar-refractivity contribution is 6.25. The average molecular weight is 438 g/mol. The Morgan fingerprint density at radius 3 is 2.12 bits per heavy atom. The van der Waals surface area contributed by atoms with E-state index in [1.54, 1.807) is 13.0 Å². The second-order valence-electron chi connectivity index (χ2n) is 8.88. The Hall–Kier alpha value is -4.13. The fourth-order valence-corrected chi connectivity index (χ4v) is 6.22. The monoisotopic (exact) mass is 438 g/mol. The van der Waals surface area contributed by atoms with Crippen molar-refractivity contribution >= 4 is 29.5 Å². The molecule has 1 saturated heterocycles. The number of amides is 2. The van der Waals surface area contributed by atoms with Gasteiger partial charge in [-0.2, -0.15) is 0 Å². The van der Waals surface area contributed by atoms with Crippen molar-refractivity contribution in [3.63, 3.8) is 0 Å². The van der Waals surface area contributed by atoms with Gasteiger partial charge in [-0.25, -0.2) is 4.90 Å². The molecule has 0 unspecified atom stereocenters. The van der Waals surface area contributed by atoms with Crippen molar-refractivity contribution in [2.75, 3.05) is 4.90 Å². The maximum Gasteiger partial charge on any atom is 0.274 e. The molecule has 4 aliphatic rings. The number of anilines is 1. The van der Waals surface area contributed by atoms with E-state index in [2.05, 4.69) is 0 Å². The molecular formula is C26H18N2O5. The van der Waals surface area contributed by atoms with Crippen LogP contribution in [0.1, 0.15) is 33.7 Å². The van der Waals surface area contributed by atoms with Crippen LogP contribution in [0.4, 0.5) is 11.4 Å². The summed E-state index contributed by atoms with van der Waals surface area (Å²) in [6.07, 6.45) is 0.810. The third kappa shape index (κ3) is 2.21. The number of aldehydes is 1. The van der Waals surface area contributed by atoms with Crippen LogP contribution >= 0.6 is 0 Å². The summed E-state index contributed by atoms with van der Waals surface area (Å²) in [6, 6.07) is 19.3. The summed E-state index contributed by atoms with van der Waals surface area (Å²) < 4.78 is 0. The topological polar surface area (TPSA) is 97.6 Å². The molecule has 1 aliphatic heterocycles. The van der Waals surface area contributed by atoms with Gasteiger partial charge in [0.25, 0.3) is 5.69 Å². The van der Waals surface area contributed by atoms with Gasteiger partial charge in [0.15, 0.2) is 0 Å². The maximum atomic E-state index is 13.9. The van der Waals surface area contributed by atoms with Crippen LogP contribution in [0.15, 0.2) is 66.7 Å². The van der Waals surface area contributed by atoms with Gasteiger partial charge in [0.05, 0.1) is 27.9 Å². The first-order chi connectivity index (χ1) is 15.9. The lowest BCUT2D eigenvalue weighted by atomic mass is 9.48. The summed E-state index contributed by atoms with van der Waals surface area (Å²) >= 11 is 0. The molecule has 33 heavy (non-hydrogen) atoms. The summed E-state index contributed by atoms with van der Waals surface area (Å²) in [5, 5.41) is 11.5. The van der Waals surface area contributed by atoms with Gasteiger partial charge >= 0.3 is 0 Å². The van der Waals surface area contributed by atoms with Crippen LogP contribution in [0.25, 0.3) is 0 Å². The molecule has 0 N–H and O–H groups in total. The van der Waals surface area contributed by atoms with Crippen LogP contribution in [-0.4, -0.2) is 23.0 Å². The molecule has 0 saturated carbocycles. The van der Waals surface area contributed by atoms with Crippen molar-refractivity contribution in [1.29, 1.82) is 0 Å². The van der Waals surface area contributed by atoms with Crippen molar-refractivity contribution in [3.8, 4) is 0 Å². The molecule has 1 fully saturated rings. The molecule has 3 aromatic rings. The standard InChI is InChI=1S/C26H18N2O5/c1-14-10-11-15(12-20(14)28(32)33)27-24(30)22-21-16-6-2-4-8-18(16)26(13-29,23(22)25(27)31)19-9-5-3-7-17(19)21/h2-13,21-23H,1H3/t21?,22-,23-,26?/m1/s1. The van der Waals surface area contributed by atoms with Crippen molar-refractivity contribution in [2.45, 2.75) is 18.3 Å². The number of hydrogen-bond acceptors (Lipinski definition) is 5. The van der Waals surface area contributed by atoms with E-state index in [0.29, 0.717) is 5.56 Å². The molecule has 7 nitrogen and oxygen atoms in total. The van der Waals surface area contributed by atoms with Gasteiger partial charge < -0.3 is 4.79 Å². The summed E-state index contributed by atoms with van der Waals surface area (Å²) in [6.45, 7) is 1.60. The zero-order valence-electron chi connectivity index (χ0n) is 17.6. The van der Waals surface area contributed by atoms with Gasteiger partial charge in [-0.05, 0) is 35.2 Å². The van der Waals surface area contributed by atoms with E-state index in [-0.39, 0.29) is 17.3 Å². The Labute approximate surface area is 188 Å². The maximum absolute atomic E-state index is 13.9. The van der Waals surface area contributed by atoms with E-state index in [4.69, 9.17) is 0 Å². The fourth-order valence-electron chi connectivity index (χ4n) is 6.22. The molecule has 162 valence electrons. The molecule has 2 amide bonds. The van der Waals surface area contributed by atoms with Crippen LogP contribution in [-0.2, 0) is 19.8 Å². The Balaban J connectivity index is 1.61. The molecular weight excluding hydrogens is 420 g/mol. The number of carbonyl (C=O) groups is 3. The number of carbonyl (C=O) groups excluding carboxylic acids is 3. The largest absolute Gasteiger partial charge is 0.302 e. The van der Waals surface area contributed by atoms with Gasteiger partial charge in [-0.15, -0.1) is 0 Å². The first-order valence-corrected chi connectivity index (χ1v) is 10.7. The van der Waals surface area contributed by atoms with E-state index < -0.39 is 34.0 Å². The Morgan fingerprint density at radius 2 is 1.55 bits per heavy atom. The van der Waals surface area contributed by atoms with Crippen molar-refractivity contribution in [3.05, 3.63) is 105 Å². The average Bonchev–Trinajstić information content (AvgIpc) is 3.10. The van der Waals surface area contributed by atoms with Gasteiger partial charge in [-0.1, -0.05) is 54.6 Å². The molecule has 3 aliphatic carbocycles. The van der Waals surface area contributed by atoms with Crippen LogP contribution < -0.4 is 4.90 Å². The number of nitro groups is 1. The minimum atomic E-state index is -1.29. The second kappa shape index (κ2) is 6.45. The highest BCUT2D eigenvalue weighted by atomic mass is 16.6. The van der Waals surface area contributed by atoms with E-state index >= 15 is 0 Å². The smallest absolute Gasteiger partial charge is 0.274 e.